The highest BCUT2D eigenvalue weighted by Gasteiger charge is 2.43. The summed E-state index contributed by atoms with van der Waals surface area (Å²) in [5.74, 6) is 1.99. The second-order valence-electron chi connectivity index (χ2n) is 5.63. The molecule has 1 aliphatic carbocycles. The van der Waals surface area contributed by atoms with Crippen LogP contribution in [0.5, 0.6) is 0 Å². The third-order valence-corrected chi connectivity index (χ3v) is 4.30. The molecule has 0 amide bonds. The molecule has 20 heavy (non-hydrogen) atoms. The fourth-order valence-electron chi connectivity index (χ4n) is 3.07. The third-order valence-electron chi connectivity index (χ3n) is 4.30. The summed E-state index contributed by atoms with van der Waals surface area (Å²) in [6.07, 6.45) is 1.15. The number of benzene rings is 2. The van der Waals surface area contributed by atoms with E-state index in [1.807, 2.05) is 18.2 Å². The zero-order chi connectivity index (χ0) is 13.5. The highest BCUT2D eigenvalue weighted by Crippen LogP contribution is 2.53. The van der Waals surface area contributed by atoms with Gasteiger partial charge < -0.3 is 10.2 Å². The molecule has 1 saturated carbocycles. The van der Waals surface area contributed by atoms with Gasteiger partial charge in [-0.1, -0.05) is 48.5 Å². The molecule has 3 unspecified atom stereocenters. The quantitative estimate of drug-likeness (QED) is 0.767. The molecule has 100 valence electrons. The van der Waals surface area contributed by atoms with E-state index >= 15 is 0 Å². The van der Waals surface area contributed by atoms with Gasteiger partial charge in [0.15, 0.2) is 0 Å². The van der Waals surface area contributed by atoms with E-state index in [-0.39, 0.29) is 6.04 Å². The molecule has 1 aromatic heterocycles. The third kappa shape index (κ3) is 1.93. The Labute approximate surface area is 118 Å². The molecule has 2 nitrogen and oxygen atoms in total. The molecule has 2 heteroatoms. The molecule has 1 aliphatic rings. The maximum atomic E-state index is 6.40. The predicted octanol–water partition coefficient (Wildman–Crippen LogP) is 4.24. The molecule has 2 aromatic carbocycles. The average Bonchev–Trinajstić information content (AvgIpc) is 3.18. The van der Waals surface area contributed by atoms with E-state index in [0.29, 0.717) is 11.8 Å². The van der Waals surface area contributed by atoms with Gasteiger partial charge >= 0.3 is 0 Å². The Morgan fingerprint density at radius 1 is 1.00 bits per heavy atom. The van der Waals surface area contributed by atoms with Crippen molar-refractivity contribution >= 4 is 11.0 Å². The first-order valence-corrected chi connectivity index (χ1v) is 7.12. The van der Waals surface area contributed by atoms with E-state index in [9.17, 15) is 0 Å². The lowest BCUT2D eigenvalue weighted by Crippen LogP contribution is -2.12. The summed E-state index contributed by atoms with van der Waals surface area (Å²) in [7, 11) is 0. The van der Waals surface area contributed by atoms with Crippen LogP contribution in [0.25, 0.3) is 11.0 Å². The topological polar surface area (TPSA) is 39.2 Å². The summed E-state index contributed by atoms with van der Waals surface area (Å²) in [6.45, 7) is 0. The summed E-state index contributed by atoms with van der Waals surface area (Å²) in [4.78, 5) is 0. The van der Waals surface area contributed by atoms with Crippen molar-refractivity contribution in [3.05, 3.63) is 72.0 Å². The summed E-state index contributed by atoms with van der Waals surface area (Å²) in [5.41, 5.74) is 8.72. The lowest BCUT2D eigenvalue weighted by molar-refractivity contribution is 0.462. The molecule has 1 fully saturated rings. The van der Waals surface area contributed by atoms with E-state index in [2.05, 4.69) is 42.5 Å². The fourth-order valence-corrected chi connectivity index (χ4v) is 3.07. The van der Waals surface area contributed by atoms with Crippen molar-refractivity contribution in [3.8, 4) is 0 Å². The summed E-state index contributed by atoms with van der Waals surface area (Å²) < 4.78 is 5.89. The van der Waals surface area contributed by atoms with Crippen molar-refractivity contribution in [2.75, 3.05) is 0 Å². The number of hydrogen-bond donors (Lipinski definition) is 1. The van der Waals surface area contributed by atoms with Gasteiger partial charge in [0.05, 0.1) is 6.04 Å². The van der Waals surface area contributed by atoms with Gasteiger partial charge in [0.1, 0.15) is 11.3 Å². The van der Waals surface area contributed by atoms with E-state index in [0.717, 1.165) is 23.2 Å². The Morgan fingerprint density at radius 3 is 2.55 bits per heavy atom. The number of para-hydroxylation sites is 1. The molecule has 3 aromatic rings. The van der Waals surface area contributed by atoms with Crippen LogP contribution in [0.3, 0.4) is 0 Å². The van der Waals surface area contributed by atoms with Crippen molar-refractivity contribution in [2.45, 2.75) is 18.4 Å². The second kappa shape index (κ2) is 4.50. The van der Waals surface area contributed by atoms with Crippen molar-refractivity contribution in [1.82, 2.24) is 0 Å². The lowest BCUT2D eigenvalue weighted by Gasteiger charge is -2.08. The monoisotopic (exact) mass is 263 g/mol. The Morgan fingerprint density at radius 2 is 1.75 bits per heavy atom. The Balaban J connectivity index is 1.58. The van der Waals surface area contributed by atoms with Gasteiger partial charge in [-0.15, -0.1) is 0 Å². The van der Waals surface area contributed by atoms with Crippen LogP contribution in [-0.4, -0.2) is 0 Å². The summed E-state index contributed by atoms with van der Waals surface area (Å²) in [5, 5.41) is 1.13. The minimum Gasteiger partial charge on any atom is -0.459 e. The maximum Gasteiger partial charge on any atom is 0.134 e. The zero-order valence-electron chi connectivity index (χ0n) is 11.2. The number of furan rings is 1. The molecular formula is C18H17NO. The number of hydrogen-bond acceptors (Lipinski definition) is 2. The smallest absolute Gasteiger partial charge is 0.134 e. The summed E-state index contributed by atoms with van der Waals surface area (Å²) >= 11 is 0. The fraction of sp³-hybridized carbons (Fsp3) is 0.222. The normalized spacial score (nSPS) is 22.9. The van der Waals surface area contributed by atoms with Crippen molar-refractivity contribution in [2.24, 2.45) is 11.7 Å². The van der Waals surface area contributed by atoms with Crippen molar-refractivity contribution in [1.29, 1.82) is 0 Å². The van der Waals surface area contributed by atoms with Gasteiger partial charge in [-0.2, -0.15) is 0 Å². The second-order valence-corrected chi connectivity index (χ2v) is 5.63. The highest BCUT2D eigenvalue weighted by molar-refractivity contribution is 5.77. The van der Waals surface area contributed by atoms with Gasteiger partial charge in [-0.3, -0.25) is 0 Å². The minimum atomic E-state index is -0.00685. The molecule has 1 heterocycles. The van der Waals surface area contributed by atoms with Crippen LogP contribution in [0.4, 0.5) is 0 Å². The molecule has 3 atom stereocenters. The predicted molar refractivity (Wildman–Crippen MR) is 80.4 cm³/mol. The molecule has 4 rings (SSSR count). The van der Waals surface area contributed by atoms with Crippen LogP contribution < -0.4 is 5.73 Å². The van der Waals surface area contributed by atoms with Crippen LogP contribution in [0, 0.1) is 5.92 Å². The van der Waals surface area contributed by atoms with E-state index < -0.39 is 0 Å². The maximum absolute atomic E-state index is 6.40. The van der Waals surface area contributed by atoms with E-state index in [1.165, 1.54) is 5.56 Å². The Kier molecular flexibility index (Phi) is 2.64. The average molecular weight is 263 g/mol. The van der Waals surface area contributed by atoms with Crippen LogP contribution in [-0.2, 0) is 0 Å². The zero-order valence-corrected chi connectivity index (χ0v) is 11.2. The summed E-state index contributed by atoms with van der Waals surface area (Å²) in [6, 6.07) is 20.8. The lowest BCUT2D eigenvalue weighted by atomic mass is 10.0. The van der Waals surface area contributed by atoms with Crippen LogP contribution in [0.2, 0.25) is 0 Å². The van der Waals surface area contributed by atoms with Gasteiger partial charge in [0.25, 0.3) is 0 Å². The van der Waals surface area contributed by atoms with Crippen LogP contribution in [0.1, 0.15) is 29.7 Å². The van der Waals surface area contributed by atoms with Crippen LogP contribution >= 0.6 is 0 Å². The van der Waals surface area contributed by atoms with Gasteiger partial charge in [0.2, 0.25) is 0 Å². The molecule has 2 N–H and O–H groups in total. The van der Waals surface area contributed by atoms with Gasteiger partial charge in [-0.25, -0.2) is 0 Å². The van der Waals surface area contributed by atoms with Crippen LogP contribution in [0.15, 0.2) is 65.1 Å². The van der Waals surface area contributed by atoms with E-state index in [1.54, 1.807) is 0 Å². The number of fused-ring (bicyclic) bond motifs is 1. The van der Waals surface area contributed by atoms with Gasteiger partial charge in [-0.05, 0) is 36.0 Å². The Bertz CT molecular complexity index is 698. The molecule has 0 bridgehead atoms. The Hall–Kier alpha value is -2.06. The van der Waals surface area contributed by atoms with Crippen molar-refractivity contribution < 1.29 is 4.42 Å². The van der Waals surface area contributed by atoms with E-state index in [4.69, 9.17) is 10.2 Å². The van der Waals surface area contributed by atoms with Crippen molar-refractivity contribution in [3.63, 3.8) is 0 Å². The highest BCUT2D eigenvalue weighted by atomic mass is 16.3. The first kappa shape index (κ1) is 11.7. The molecule has 0 radical (unpaired) electrons. The number of nitrogens with two attached hydrogens (primary N) is 1. The molecule has 0 aliphatic heterocycles. The minimum absolute atomic E-state index is 0.00685. The largest absolute Gasteiger partial charge is 0.459 e. The van der Waals surface area contributed by atoms with Gasteiger partial charge in [0, 0.05) is 5.39 Å². The number of rotatable bonds is 3. The molecule has 0 spiro atoms. The first-order chi connectivity index (χ1) is 9.83. The first-order valence-electron chi connectivity index (χ1n) is 7.12. The SMILES string of the molecule is NC(c1cc2ccccc2o1)C1CC1c1ccccc1. The molecular weight excluding hydrogens is 246 g/mol. The molecule has 0 saturated heterocycles. The standard InChI is InChI=1S/C18H17NO/c19-18(15-11-14(15)12-6-2-1-3-7-12)17-10-13-8-4-5-9-16(13)20-17/h1-10,14-15,18H,11,19H2.